The van der Waals surface area contributed by atoms with Crippen LogP contribution in [0.1, 0.15) is 109 Å². The average molecular weight is 1070 g/mol. The summed E-state index contributed by atoms with van der Waals surface area (Å²) >= 11 is 5.48. The Morgan fingerprint density at radius 2 is 1.11 bits per heavy atom. The molecule has 404 valence electrons. The number of anilines is 3. The van der Waals surface area contributed by atoms with Gasteiger partial charge in [-0.1, -0.05) is 19.0 Å². The van der Waals surface area contributed by atoms with Crippen molar-refractivity contribution in [3.63, 3.8) is 0 Å². The Kier molecular flexibility index (Phi) is 20.1. The quantitative estimate of drug-likeness (QED) is 0.104. The van der Waals surface area contributed by atoms with Gasteiger partial charge in [-0.25, -0.2) is 38.3 Å². The number of carbonyl (C=O) groups excluding carboxylic acids is 2. The van der Waals surface area contributed by atoms with Crippen LogP contribution in [-0.2, 0) is 22.6 Å². The molecule has 0 radical (unpaired) electrons. The van der Waals surface area contributed by atoms with Crippen LogP contribution in [0.3, 0.4) is 0 Å². The first kappa shape index (κ1) is 59.2. The number of rotatable bonds is 8. The molecule has 2 fully saturated rings. The highest BCUT2D eigenvalue weighted by atomic mass is 35.5. The lowest BCUT2D eigenvalue weighted by atomic mass is 10.0. The summed E-state index contributed by atoms with van der Waals surface area (Å²) < 4.78 is 38.5. The molecule has 4 aromatic heterocycles. The fourth-order valence-corrected chi connectivity index (χ4v) is 8.23. The minimum Gasteiger partial charge on any atom is -0.444 e. The van der Waals surface area contributed by atoms with Gasteiger partial charge in [-0.05, 0) is 103 Å². The van der Waals surface area contributed by atoms with E-state index in [4.69, 9.17) is 48.5 Å². The number of benzene rings is 2. The van der Waals surface area contributed by atoms with Gasteiger partial charge in [0.05, 0.1) is 28.5 Å². The minimum atomic E-state index is -0.545. The number of nitrogens with one attached hydrogen (secondary N) is 1. The molecule has 23 heteroatoms. The molecule has 0 aliphatic carbocycles. The molecule has 8 rings (SSSR count). The Balaban J connectivity index is 0.000000240. The SMILES string of the molecule is C.C[C@H](N)c1cc2ccc(F)cc2nc1CN1CCN(C(=O)OC(C)(C)C)CC1.C[C@H](Nc1ncnc(N)c1C#N)c1cc2ccc(F)cc2nc1CN1CCN(C(=O)OC(C)(C)C)CC1.N#Cc1c(N)ncnc1Cl. The van der Waals surface area contributed by atoms with E-state index in [1.807, 2.05) is 73.6 Å². The zero-order valence-corrected chi connectivity index (χ0v) is 44.1. The van der Waals surface area contributed by atoms with E-state index in [-0.39, 0.29) is 71.2 Å². The Bertz CT molecular complexity index is 3070. The van der Waals surface area contributed by atoms with Gasteiger partial charge in [0.2, 0.25) is 0 Å². The van der Waals surface area contributed by atoms with Gasteiger partial charge in [0.1, 0.15) is 76.2 Å². The van der Waals surface area contributed by atoms with Crippen molar-refractivity contribution < 1.29 is 27.8 Å². The summed E-state index contributed by atoms with van der Waals surface area (Å²) in [5, 5.41) is 22.9. The largest absolute Gasteiger partial charge is 0.444 e. The van der Waals surface area contributed by atoms with Crippen molar-refractivity contribution in [3.05, 3.63) is 112 Å². The van der Waals surface area contributed by atoms with E-state index < -0.39 is 11.2 Å². The van der Waals surface area contributed by atoms with Crippen LogP contribution in [0.2, 0.25) is 5.15 Å². The van der Waals surface area contributed by atoms with Crippen molar-refractivity contribution in [1.29, 1.82) is 10.5 Å². The number of amides is 2. The van der Waals surface area contributed by atoms with Gasteiger partial charge in [0.15, 0.2) is 5.15 Å². The summed E-state index contributed by atoms with van der Waals surface area (Å²) in [5.41, 5.74) is 21.2. The lowest BCUT2D eigenvalue weighted by molar-refractivity contribution is 0.0128. The van der Waals surface area contributed by atoms with Crippen molar-refractivity contribution in [2.75, 3.05) is 69.1 Å². The van der Waals surface area contributed by atoms with E-state index in [0.717, 1.165) is 46.4 Å². The lowest BCUT2D eigenvalue weighted by Gasteiger charge is -2.35. The monoisotopic (exact) mass is 1060 g/mol. The molecule has 76 heavy (non-hydrogen) atoms. The first-order valence-corrected chi connectivity index (χ1v) is 24.6. The number of hydrogen-bond acceptors (Lipinski definition) is 18. The maximum Gasteiger partial charge on any atom is 0.410 e. The molecule has 6 heterocycles. The lowest BCUT2D eigenvalue weighted by Crippen LogP contribution is -2.49. The highest BCUT2D eigenvalue weighted by Crippen LogP contribution is 2.29. The van der Waals surface area contributed by atoms with Crippen molar-refractivity contribution in [2.45, 2.75) is 99.2 Å². The maximum atomic E-state index is 14.0. The number of carbonyl (C=O) groups is 2. The molecule has 0 saturated carbocycles. The molecule has 2 aliphatic rings. The van der Waals surface area contributed by atoms with Gasteiger partial charge in [-0.3, -0.25) is 19.8 Å². The number of halogens is 3. The smallest absolute Gasteiger partial charge is 0.410 e. The predicted octanol–water partition coefficient (Wildman–Crippen LogP) is 8.51. The number of piperazine rings is 2. The van der Waals surface area contributed by atoms with E-state index >= 15 is 0 Å². The van der Waals surface area contributed by atoms with Crippen LogP contribution in [0, 0.1) is 34.3 Å². The molecule has 2 saturated heterocycles. The number of pyridine rings is 2. The Hall–Kier alpha value is -7.63. The van der Waals surface area contributed by atoms with Crippen molar-refractivity contribution in [2.24, 2.45) is 5.73 Å². The number of nitrogens with two attached hydrogens (primary N) is 3. The van der Waals surface area contributed by atoms with Crippen molar-refractivity contribution >= 4 is 63.0 Å². The molecule has 6 aromatic rings. The molecule has 2 atom stereocenters. The van der Waals surface area contributed by atoms with E-state index in [0.29, 0.717) is 69.2 Å². The first-order chi connectivity index (χ1) is 35.4. The fraction of sp³-hybridized carbons (Fsp3) is 0.434. The Labute approximate surface area is 447 Å². The molecular weight excluding hydrogens is 998 g/mol. The standard InChI is InChI=1S/C26H31FN8O2.C21H29FN4O2.C5H3ClN4.CH4/c1-16(32-24-20(13-28)23(29)30-15-31-24)19-11-17-5-6-18(27)12-21(17)33-22(19)14-34-7-9-35(10-8-34)25(36)37-26(2,3)4;1-14(23)17-11-15-5-6-16(22)12-18(15)24-19(17)13-25-7-9-26(10-8-25)20(27)28-21(2,3)4;6-4-3(1-7)5(8)10-2-9-4;/h5-6,11-12,15-16H,7-10,14H2,1-4H3,(H3,29,30,31,32);5-6,11-12,14H,7-10,13,23H2,1-4H3;2H,(H2,8,9,10);1H4/t16-;14-;;/m00../s1. The van der Waals surface area contributed by atoms with Crippen LogP contribution in [0.4, 0.5) is 35.8 Å². The number of fused-ring (bicyclic) bond motifs is 2. The van der Waals surface area contributed by atoms with Crippen LogP contribution in [0.25, 0.3) is 21.8 Å². The third-order valence-electron chi connectivity index (χ3n) is 11.8. The van der Waals surface area contributed by atoms with E-state index in [9.17, 15) is 23.6 Å². The molecule has 2 amide bonds. The molecular formula is C53H67ClF2N16O4. The molecule has 20 nitrogen and oxygen atoms in total. The summed E-state index contributed by atoms with van der Waals surface area (Å²) in [6.07, 6.45) is 1.92. The number of hydrogen-bond donors (Lipinski definition) is 4. The highest BCUT2D eigenvalue weighted by molar-refractivity contribution is 6.30. The van der Waals surface area contributed by atoms with Crippen molar-refractivity contribution in [1.82, 2.24) is 49.5 Å². The summed E-state index contributed by atoms with van der Waals surface area (Å²) in [4.78, 5) is 57.2. The summed E-state index contributed by atoms with van der Waals surface area (Å²) in [6, 6.07) is 16.5. The van der Waals surface area contributed by atoms with Crippen LogP contribution in [-0.4, -0.2) is 125 Å². The Morgan fingerprint density at radius 3 is 1.51 bits per heavy atom. The molecule has 0 bridgehead atoms. The van der Waals surface area contributed by atoms with Gasteiger partial charge in [-0.15, -0.1) is 0 Å². The normalized spacial score (nSPS) is 14.9. The van der Waals surface area contributed by atoms with E-state index in [2.05, 4.69) is 40.0 Å². The zero-order valence-electron chi connectivity index (χ0n) is 43.4. The van der Waals surface area contributed by atoms with Gasteiger partial charge in [-0.2, -0.15) is 10.5 Å². The second-order valence-corrected chi connectivity index (χ2v) is 20.4. The zero-order chi connectivity index (χ0) is 54.8. The molecule has 0 spiro atoms. The molecule has 2 aliphatic heterocycles. The summed E-state index contributed by atoms with van der Waals surface area (Å²) in [6.45, 7) is 21.1. The predicted molar refractivity (Wildman–Crippen MR) is 288 cm³/mol. The van der Waals surface area contributed by atoms with Crippen LogP contribution in [0.5, 0.6) is 0 Å². The number of ether oxygens (including phenoxy) is 2. The van der Waals surface area contributed by atoms with Crippen LogP contribution >= 0.6 is 11.6 Å². The van der Waals surface area contributed by atoms with Gasteiger partial charge in [0.25, 0.3) is 0 Å². The average Bonchev–Trinajstić information content (AvgIpc) is 3.33. The second kappa shape index (κ2) is 25.7. The highest BCUT2D eigenvalue weighted by Gasteiger charge is 2.29. The Morgan fingerprint density at radius 1 is 0.684 bits per heavy atom. The minimum absolute atomic E-state index is 0. The van der Waals surface area contributed by atoms with Crippen LogP contribution < -0.4 is 22.5 Å². The van der Waals surface area contributed by atoms with Gasteiger partial charge >= 0.3 is 12.2 Å². The summed E-state index contributed by atoms with van der Waals surface area (Å²) in [5.74, 6) is -0.111. The maximum absolute atomic E-state index is 14.0. The number of aromatic nitrogens is 6. The van der Waals surface area contributed by atoms with E-state index in [1.54, 1.807) is 28.0 Å². The van der Waals surface area contributed by atoms with Gasteiger partial charge in [0, 0.05) is 94.4 Å². The summed E-state index contributed by atoms with van der Waals surface area (Å²) in [7, 11) is 0. The number of nitrogens with zero attached hydrogens (tertiary/aromatic N) is 12. The van der Waals surface area contributed by atoms with Crippen LogP contribution in [0.15, 0.2) is 61.2 Å². The second-order valence-electron chi connectivity index (χ2n) is 20.0. The topological polar surface area (TPSA) is 281 Å². The molecule has 0 unspecified atom stereocenters. The number of nitrogen functional groups attached to an aromatic ring is 2. The van der Waals surface area contributed by atoms with Crippen molar-refractivity contribution in [3.8, 4) is 12.1 Å². The molecule has 2 aromatic carbocycles. The first-order valence-electron chi connectivity index (χ1n) is 24.2. The van der Waals surface area contributed by atoms with Gasteiger partial charge < -0.3 is 41.8 Å². The molecule has 7 N–H and O–H groups in total. The third kappa shape index (κ3) is 16.2. The third-order valence-corrected chi connectivity index (χ3v) is 12.1. The fourth-order valence-electron chi connectivity index (χ4n) is 8.05. The van der Waals surface area contributed by atoms with E-state index in [1.165, 1.54) is 36.9 Å². The number of nitriles is 2.